The van der Waals surface area contributed by atoms with E-state index in [1.165, 1.54) is 0 Å². The van der Waals surface area contributed by atoms with Gasteiger partial charge in [0.25, 0.3) is 11.5 Å². The van der Waals surface area contributed by atoms with Crippen LogP contribution in [0.2, 0.25) is 0 Å². The highest BCUT2D eigenvalue weighted by molar-refractivity contribution is 6.06. The maximum atomic E-state index is 13.1. The molecule has 0 atom stereocenters. The number of H-pyrrole nitrogens is 1. The van der Waals surface area contributed by atoms with Crippen LogP contribution < -0.4 is 10.5 Å². The van der Waals surface area contributed by atoms with E-state index in [1.54, 1.807) is 11.1 Å². The highest BCUT2D eigenvalue weighted by atomic mass is 16.5. The van der Waals surface area contributed by atoms with E-state index in [9.17, 15) is 9.59 Å². The molecule has 1 aliphatic heterocycles. The van der Waals surface area contributed by atoms with Gasteiger partial charge < -0.3 is 14.4 Å². The molecular weight excluding hydrogens is 306 g/mol. The standard InChI is InChI=1S/C18H21N3O3/c1-18(2)7-5-13-12(10-18)14(20-24-13)17(23)21-9-3-4-11-6-8-19-16(22)15(11)21/h6,8H,3-5,7,9-10H2,1-2H3,(H,19,22). The third-order valence-electron chi connectivity index (χ3n) is 5.12. The fourth-order valence-corrected chi connectivity index (χ4v) is 3.79. The Morgan fingerprint density at radius 3 is 3.04 bits per heavy atom. The van der Waals surface area contributed by atoms with Crippen LogP contribution in [0.5, 0.6) is 0 Å². The monoisotopic (exact) mass is 327 g/mol. The molecule has 2 aromatic rings. The topological polar surface area (TPSA) is 79.2 Å². The zero-order valence-electron chi connectivity index (χ0n) is 14.0. The number of anilines is 1. The molecule has 24 heavy (non-hydrogen) atoms. The third-order valence-corrected chi connectivity index (χ3v) is 5.12. The number of amides is 1. The van der Waals surface area contributed by atoms with E-state index in [0.717, 1.165) is 49.0 Å². The van der Waals surface area contributed by atoms with Crippen LogP contribution in [-0.2, 0) is 19.3 Å². The van der Waals surface area contributed by atoms with Gasteiger partial charge in [-0.3, -0.25) is 9.59 Å². The Labute approximate surface area is 139 Å². The van der Waals surface area contributed by atoms with E-state index in [2.05, 4.69) is 24.0 Å². The maximum Gasteiger partial charge on any atom is 0.280 e. The molecule has 126 valence electrons. The van der Waals surface area contributed by atoms with Gasteiger partial charge in [0.1, 0.15) is 11.4 Å². The Balaban J connectivity index is 1.75. The second-order valence-electron chi connectivity index (χ2n) is 7.51. The molecule has 0 bridgehead atoms. The quantitative estimate of drug-likeness (QED) is 0.872. The summed E-state index contributed by atoms with van der Waals surface area (Å²) in [5.74, 6) is 0.590. The summed E-state index contributed by atoms with van der Waals surface area (Å²) < 4.78 is 5.43. The number of nitrogens with zero attached hydrogens (tertiary/aromatic N) is 2. The molecule has 2 aliphatic rings. The number of carbonyl (C=O) groups excluding carboxylic acids is 1. The van der Waals surface area contributed by atoms with Crippen molar-refractivity contribution < 1.29 is 9.32 Å². The number of nitrogens with one attached hydrogen (secondary N) is 1. The van der Waals surface area contributed by atoms with Gasteiger partial charge in [-0.1, -0.05) is 19.0 Å². The molecule has 1 amide bonds. The minimum absolute atomic E-state index is 0.130. The molecule has 0 aromatic carbocycles. The number of hydrogen-bond donors (Lipinski definition) is 1. The van der Waals surface area contributed by atoms with E-state index >= 15 is 0 Å². The first-order valence-electron chi connectivity index (χ1n) is 8.46. The fourth-order valence-electron chi connectivity index (χ4n) is 3.79. The Hall–Kier alpha value is -2.37. The van der Waals surface area contributed by atoms with Crippen molar-refractivity contribution in [3.8, 4) is 0 Å². The van der Waals surface area contributed by atoms with Crippen molar-refractivity contribution in [2.75, 3.05) is 11.4 Å². The highest BCUT2D eigenvalue weighted by Gasteiger charge is 2.35. The van der Waals surface area contributed by atoms with Crippen LogP contribution in [0.15, 0.2) is 21.6 Å². The molecule has 1 aliphatic carbocycles. The molecule has 2 aromatic heterocycles. The van der Waals surface area contributed by atoms with Crippen LogP contribution in [0, 0.1) is 5.41 Å². The van der Waals surface area contributed by atoms with Gasteiger partial charge in [0.2, 0.25) is 0 Å². The molecule has 6 heteroatoms. The van der Waals surface area contributed by atoms with Crippen molar-refractivity contribution in [1.82, 2.24) is 10.1 Å². The number of hydrogen-bond acceptors (Lipinski definition) is 4. The second kappa shape index (κ2) is 5.33. The molecule has 0 saturated carbocycles. The van der Waals surface area contributed by atoms with Gasteiger partial charge in [0, 0.05) is 24.7 Å². The Bertz CT molecular complexity index is 863. The van der Waals surface area contributed by atoms with Gasteiger partial charge in [0.15, 0.2) is 5.69 Å². The molecule has 1 N–H and O–H groups in total. The average Bonchev–Trinajstić information content (AvgIpc) is 2.95. The number of aromatic amines is 1. The first-order valence-corrected chi connectivity index (χ1v) is 8.46. The minimum atomic E-state index is -0.227. The van der Waals surface area contributed by atoms with Gasteiger partial charge in [-0.2, -0.15) is 0 Å². The summed E-state index contributed by atoms with van der Waals surface area (Å²) in [7, 11) is 0. The van der Waals surface area contributed by atoms with Crippen molar-refractivity contribution in [3.05, 3.63) is 45.2 Å². The van der Waals surface area contributed by atoms with Crippen molar-refractivity contribution in [3.63, 3.8) is 0 Å². The van der Waals surface area contributed by atoms with Crippen LogP contribution in [0.4, 0.5) is 5.69 Å². The summed E-state index contributed by atoms with van der Waals surface area (Å²) in [5, 5.41) is 4.06. The van der Waals surface area contributed by atoms with E-state index in [1.807, 2.05) is 6.07 Å². The summed E-state index contributed by atoms with van der Waals surface area (Å²) in [5.41, 5.74) is 2.56. The molecule has 4 rings (SSSR count). The summed E-state index contributed by atoms with van der Waals surface area (Å²) in [6.45, 7) is 4.92. The highest BCUT2D eigenvalue weighted by Crippen LogP contribution is 2.37. The van der Waals surface area contributed by atoms with Gasteiger partial charge in [-0.25, -0.2) is 0 Å². The predicted octanol–water partition coefficient (Wildman–Crippen LogP) is 2.47. The Morgan fingerprint density at radius 2 is 2.21 bits per heavy atom. The van der Waals surface area contributed by atoms with Crippen LogP contribution in [0.3, 0.4) is 0 Å². The SMILES string of the molecule is CC1(C)CCc2onc(C(=O)N3CCCc4cc[nH]c(=O)c43)c2C1. The number of fused-ring (bicyclic) bond motifs is 2. The molecule has 0 fully saturated rings. The van der Waals surface area contributed by atoms with Gasteiger partial charge in [0.05, 0.1) is 0 Å². The second-order valence-corrected chi connectivity index (χ2v) is 7.51. The molecule has 0 spiro atoms. The normalized spacial score (nSPS) is 18.8. The predicted molar refractivity (Wildman–Crippen MR) is 89.4 cm³/mol. The summed E-state index contributed by atoms with van der Waals surface area (Å²) >= 11 is 0. The lowest BCUT2D eigenvalue weighted by molar-refractivity contribution is 0.0975. The van der Waals surface area contributed by atoms with E-state index in [4.69, 9.17) is 4.52 Å². The number of aromatic nitrogens is 2. The zero-order valence-corrected chi connectivity index (χ0v) is 14.0. The first-order chi connectivity index (χ1) is 11.5. The Kier molecular flexibility index (Phi) is 3.37. The minimum Gasteiger partial charge on any atom is -0.360 e. The number of carbonyl (C=O) groups is 1. The molecule has 6 nitrogen and oxygen atoms in total. The lowest BCUT2D eigenvalue weighted by Gasteiger charge is -2.30. The molecular formula is C18H21N3O3. The lowest BCUT2D eigenvalue weighted by atomic mass is 9.76. The van der Waals surface area contributed by atoms with E-state index < -0.39 is 0 Å². The Morgan fingerprint density at radius 1 is 1.38 bits per heavy atom. The van der Waals surface area contributed by atoms with Crippen LogP contribution in [0.25, 0.3) is 0 Å². The van der Waals surface area contributed by atoms with Crippen LogP contribution in [0.1, 0.15) is 54.1 Å². The first kappa shape index (κ1) is 15.2. The largest absolute Gasteiger partial charge is 0.360 e. The fraction of sp³-hybridized carbons (Fsp3) is 0.500. The third kappa shape index (κ3) is 2.37. The van der Waals surface area contributed by atoms with Crippen molar-refractivity contribution >= 4 is 11.6 Å². The van der Waals surface area contributed by atoms with Gasteiger partial charge in [-0.15, -0.1) is 0 Å². The molecule has 0 saturated heterocycles. The maximum absolute atomic E-state index is 13.1. The zero-order chi connectivity index (χ0) is 16.9. The van der Waals surface area contributed by atoms with E-state index in [-0.39, 0.29) is 16.9 Å². The summed E-state index contributed by atoms with van der Waals surface area (Å²) in [4.78, 5) is 29.6. The van der Waals surface area contributed by atoms with Gasteiger partial charge in [-0.05, 0) is 42.7 Å². The van der Waals surface area contributed by atoms with Crippen molar-refractivity contribution in [2.24, 2.45) is 5.41 Å². The average molecular weight is 327 g/mol. The number of rotatable bonds is 1. The van der Waals surface area contributed by atoms with Crippen LogP contribution in [-0.4, -0.2) is 22.6 Å². The van der Waals surface area contributed by atoms with Crippen LogP contribution >= 0.6 is 0 Å². The summed E-state index contributed by atoms with van der Waals surface area (Å²) in [6.07, 6.45) is 5.89. The smallest absolute Gasteiger partial charge is 0.280 e. The van der Waals surface area contributed by atoms with E-state index in [0.29, 0.717) is 17.9 Å². The lowest BCUT2D eigenvalue weighted by Crippen LogP contribution is -2.40. The number of aryl methyl sites for hydroxylation is 2. The summed E-state index contributed by atoms with van der Waals surface area (Å²) in [6, 6.07) is 1.87. The molecule has 0 radical (unpaired) electrons. The molecule has 0 unspecified atom stereocenters. The number of pyridine rings is 1. The molecule has 3 heterocycles. The van der Waals surface area contributed by atoms with Crippen molar-refractivity contribution in [2.45, 2.75) is 46.0 Å². The van der Waals surface area contributed by atoms with Crippen molar-refractivity contribution in [1.29, 1.82) is 0 Å². The van der Waals surface area contributed by atoms with Gasteiger partial charge >= 0.3 is 0 Å².